The van der Waals surface area contributed by atoms with Gasteiger partial charge in [-0.2, -0.15) is 5.10 Å². The van der Waals surface area contributed by atoms with Gasteiger partial charge in [-0.1, -0.05) is 23.2 Å². The molecule has 2 aromatic rings. The molecule has 0 aliphatic heterocycles. The highest BCUT2D eigenvalue weighted by Crippen LogP contribution is 2.27. The quantitative estimate of drug-likeness (QED) is 0.640. The molecule has 18 heavy (non-hydrogen) atoms. The van der Waals surface area contributed by atoms with Crippen molar-refractivity contribution in [1.82, 2.24) is 9.78 Å². The highest BCUT2D eigenvalue weighted by Gasteiger charge is 2.09. The molecule has 6 nitrogen and oxygen atoms in total. The lowest BCUT2D eigenvalue weighted by Crippen LogP contribution is -2.05. The normalized spacial score (nSPS) is 10.3. The highest BCUT2D eigenvalue weighted by molar-refractivity contribution is 6.34. The summed E-state index contributed by atoms with van der Waals surface area (Å²) in [6.45, 7) is 0.00784. The second kappa shape index (κ2) is 5.24. The van der Waals surface area contributed by atoms with Gasteiger partial charge in [0.25, 0.3) is 0 Å². The molecule has 0 spiro atoms. The van der Waals surface area contributed by atoms with Crippen LogP contribution in [0.25, 0.3) is 0 Å². The molecule has 0 radical (unpaired) electrons. The van der Waals surface area contributed by atoms with Crippen LogP contribution in [-0.2, 0) is 6.73 Å². The Balaban J connectivity index is 2.06. The first-order valence-corrected chi connectivity index (χ1v) is 5.56. The van der Waals surface area contributed by atoms with E-state index in [-0.39, 0.29) is 12.4 Å². The van der Waals surface area contributed by atoms with Crippen molar-refractivity contribution in [1.29, 1.82) is 0 Å². The average molecular weight is 288 g/mol. The predicted molar refractivity (Wildman–Crippen MR) is 66.0 cm³/mol. The van der Waals surface area contributed by atoms with Crippen LogP contribution in [0, 0.1) is 10.1 Å². The van der Waals surface area contributed by atoms with E-state index in [1.165, 1.54) is 10.9 Å². The fourth-order valence-electron chi connectivity index (χ4n) is 1.24. The number of benzene rings is 1. The maximum absolute atomic E-state index is 10.5. The van der Waals surface area contributed by atoms with Crippen LogP contribution in [0.2, 0.25) is 10.0 Å². The molecule has 0 amide bonds. The summed E-state index contributed by atoms with van der Waals surface area (Å²) in [6, 6.07) is 4.79. The summed E-state index contributed by atoms with van der Waals surface area (Å²) in [5.74, 6) is 0.391. The van der Waals surface area contributed by atoms with E-state index < -0.39 is 4.92 Å². The Kier molecular flexibility index (Phi) is 3.69. The van der Waals surface area contributed by atoms with Crippen LogP contribution < -0.4 is 4.74 Å². The first-order chi connectivity index (χ1) is 8.56. The number of rotatable bonds is 4. The lowest BCUT2D eigenvalue weighted by atomic mass is 10.3. The lowest BCUT2D eigenvalue weighted by Gasteiger charge is -2.07. The molecule has 0 unspecified atom stereocenters. The SMILES string of the molecule is O=[N+]([O-])c1cnn(COc2cc(Cl)ccc2Cl)c1. The Morgan fingerprint density at radius 2 is 2.22 bits per heavy atom. The Morgan fingerprint density at radius 3 is 2.89 bits per heavy atom. The van der Waals surface area contributed by atoms with Crippen LogP contribution in [-0.4, -0.2) is 14.7 Å². The summed E-state index contributed by atoms with van der Waals surface area (Å²) in [4.78, 5) is 9.93. The number of halogens is 2. The molecule has 94 valence electrons. The van der Waals surface area contributed by atoms with Crippen molar-refractivity contribution in [3.63, 3.8) is 0 Å². The monoisotopic (exact) mass is 287 g/mol. The minimum atomic E-state index is -0.532. The van der Waals surface area contributed by atoms with Crippen LogP contribution in [0.4, 0.5) is 5.69 Å². The first kappa shape index (κ1) is 12.7. The molecular weight excluding hydrogens is 281 g/mol. The van der Waals surface area contributed by atoms with Gasteiger partial charge in [0.1, 0.15) is 18.1 Å². The maximum Gasteiger partial charge on any atom is 0.307 e. The number of aromatic nitrogens is 2. The number of hydrogen-bond donors (Lipinski definition) is 0. The molecule has 0 bridgehead atoms. The van der Waals surface area contributed by atoms with Crippen molar-refractivity contribution in [3.05, 3.63) is 50.8 Å². The Hall–Kier alpha value is -1.79. The van der Waals surface area contributed by atoms with E-state index in [0.717, 1.165) is 6.20 Å². The molecule has 0 saturated heterocycles. The van der Waals surface area contributed by atoms with Gasteiger partial charge in [0.15, 0.2) is 6.73 Å². The van der Waals surface area contributed by atoms with Crippen molar-refractivity contribution in [2.75, 3.05) is 0 Å². The molecule has 0 atom stereocenters. The summed E-state index contributed by atoms with van der Waals surface area (Å²) in [5.41, 5.74) is -0.101. The largest absolute Gasteiger partial charge is 0.470 e. The second-order valence-electron chi connectivity index (χ2n) is 3.34. The van der Waals surface area contributed by atoms with Crippen LogP contribution in [0.3, 0.4) is 0 Å². The van der Waals surface area contributed by atoms with Crippen LogP contribution >= 0.6 is 23.2 Å². The van der Waals surface area contributed by atoms with Crippen LogP contribution in [0.1, 0.15) is 0 Å². The van der Waals surface area contributed by atoms with Crippen LogP contribution in [0.5, 0.6) is 5.75 Å². The van der Waals surface area contributed by atoms with Gasteiger partial charge in [-0.25, -0.2) is 4.68 Å². The molecule has 0 saturated carbocycles. The van der Waals surface area contributed by atoms with Crippen LogP contribution in [0.15, 0.2) is 30.6 Å². The third-order valence-electron chi connectivity index (χ3n) is 2.08. The summed E-state index contributed by atoms with van der Waals surface area (Å²) < 4.78 is 6.65. The first-order valence-electron chi connectivity index (χ1n) is 4.81. The van der Waals surface area contributed by atoms with Gasteiger partial charge < -0.3 is 4.74 Å². The molecule has 0 N–H and O–H groups in total. The van der Waals surface area contributed by atoms with Crippen molar-refractivity contribution in [2.45, 2.75) is 6.73 Å². The van der Waals surface area contributed by atoms with Crippen molar-refractivity contribution < 1.29 is 9.66 Å². The topological polar surface area (TPSA) is 70.2 Å². The summed E-state index contributed by atoms with van der Waals surface area (Å²) in [6.07, 6.45) is 2.40. The van der Waals surface area contributed by atoms with E-state index in [1.807, 2.05) is 0 Å². The molecule has 0 aliphatic carbocycles. The fraction of sp³-hybridized carbons (Fsp3) is 0.100. The number of nitrogens with zero attached hydrogens (tertiary/aromatic N) is 3. The number of ether oxygens (including phenoxy) is 1. The summed E-state index contributed by atoms with van der Waals surface area (Å²) in [7, 11) is 0. The van der Waals surface area contributed by atoms with Gasteiger partial charge in [-0.15, -0.1) is 0 Å². The molecular formula is C10H7Cl2N3O3. The lowest BCUT2D eigenvalue weighted by molar-refractivity contribution is -0.385. The molecule has 8 heteroatoms. The van der Waals surface area contributed by atoms with Gasteiger partial charge in [0.05, 0.1) is 9.95 Å². The average Bonchev–Trinajstić information content (AvgIpc) is 2.79. The van der Waals surface area contributed by atoms with Gasteiger partial charge in [0.2, 0.25) is 0 Å². The second-order valence-corrected chi connectivity index (χ2v) is 4.19. The Morgan fingerprint density at radius 1 is 1.44 bits per heavy atom. The van der Waals surface area contributed by atoms with E-state index in [9.17, 15) is 10.1 Å². The summed E-state index contributed by atoms with van der Waals surface area (Å²) >= 11 is 11.7. The van der Waals surface area contributed by atoms with Gasteiger partial charge in [-0.05, 0) is 12.1 Å². The Labute approximate surface area is 112 Å². The third kappa shape index (κ3) is 2.91. The molecule has 1 aromatic carbocycles. The fourth-order valence-corrected chi connectivity index (χ4v) is 1.58. The van der Waals surface area contributed by atoms with E-state index >= 15 is 0 Å². The number of hydrogen-bond acceptors (Lipinski definition) is 4. The van der Waals surface area contributed by atoms with Crippen molar-refractivity contribution in [2.24, 2.45) is 0 Å². The predicted octanol–water partition coefficient (Wildman–Crippen LogP) is 3.13. The zero-order chi connectivity index (χ0) is 13.1. The zero-order valence-electron chi connectivity index (χ0n) is 8.92. The number of nitro groups is 1. The molecule has 0 aliphatic rings. The highest BCUT2D eigenvalue weighted by atomic mass is 35.5. The van der Waals surface area contributed by atoms with E-state index in [1.54, 1.807) is 18.2 Å². The van der Waals surface area contributed by atoms with Crippen molar-refractivity contribution >= 4 is 28.9 Å². The molecule has 2 rings (SSSR count). The molecule has 1 aromatic heterocycles. The zero-order valence-corrected chi connectivity index (χ0v) is 10.4. The van der Waals surface area contributed by atoms with E-state index in [2.05, 4.69) is 5.10 Å². The minimum Gasteiger partial charge on any atom is -0.470 e. The summed E-state index contributed by atoms with van der Waals surface area (Å²) in [5, 5.41) is 15.1. The minimum absolute atomic E-state index is 0.00784. The maximum atomic E-state index is 10.5. The van der Waals surface area contributed by atoms with E-state index in [4.69, 9.17) is 27.9 Å². The van der Waals surface area contributed by atoms with E-state index in [0.29, 0.717) is 15.8 Å². The van der Waals surface area contributed by atoms with Gasteiger partial charge in [0, 0.05) is 11.1 Å². The van der Waals surface area contributed by atoms with Gasteiger partial charge >= 0.3 is 5.69 Å². The Bertz CT molecular complexity index is 585. The smallest absolute Gasteiger partial charge is 0.307 e. The third-order valence-corrected chi connectivity index (χ3v) is 2.62. The van der Waals surface area contributed by atoms with Crippen molar-refractivity contribution in [3.8, 4) is 5.75 Å². The van der Waals surface area contributed by atoms with Gasteiger partial charge in [-0.3, -0.25) is 10.1 Å². The molecule has 0 fully saturated rings. The molecule has 1 heterocycles. The standard InChI is InChI=1S/C10H7Cl2N3O3/c11-7-1-2-9(12)10(3-7)18-6-14-5-8(4-13-14)15(16)17/h1-5H,6H2.